The maximum Gasteiger partial charge on any atom is 0.191 e. The molecule has 0 radical (unpaired) electrons. The zero-order valence-electron chi connectivity index (χ0n) is 18.0. The molecule has 8 heteroatoms. The van der Waals surface area contributed by atoms with Crippen molar-refractivity contribution < 1.29 is 9.47 Å². The Hall–Kier alpha value is -1.67. The molecule has 2 N–H and O–H groups in total. The molecule has 0 amide bonds. The molecule has 29 heavy (non-hydrogen) atoms. The third kappa shape index (κ3) is 7.59. The lowest BCUT2D eigenvalue weighted by Gasteiger charge is -2.12. The number of aromatic nitrogens is 3. The molecule has 3 rings (SSSR count). The fraction of sp³-hybridized carbons (Fsp3) is 0.857. The van der Waals surface area contributed by atoms with Gasteiger partial charge in [-0.15, -0.1) is 10.2 Å². The summed E-state index contributed by atoms with van der Waals surface area (Å²) in [4.78, 5) is 4.70. The van der Waals surface area contributed by atoms with Gasteiger partial charge in [0.05, 0.1) is 12.7 Å². The molecule has 3 heterocycles. The molecular formula is C21H38N6O2. The van der Waals surface area contributed by atoms with E-state index in [-0.39, 0.29) is 0 Å². The van der Waals surface area contributed by atoms with Crippen molar-refractivity contribution in [3.63, 3.8) is 0 Å². The van der Waals surface area contributed by atoms with Crippen LogP contribution < -0.4 is 10.6 Å². The lowest BCUT2D eigenvalue weighted by atomic mass is 10.2. The monoisotopic (exact) mass is 406 g/mol. The van der Waals surface area contributed by atoms with Gasteiger partial charge in [0.25, 0.3) is 0 Å². The summed E-state index contributed by atoms with van der Waals surface area (Å²) in [5.74, 6) is 3.17. The summed E-state index contributed by atoms with van der Waals surface area (Å²) in [7, 11) is 0. The molecule has 2 aliphatic heterocycles. The van der Waals surface area contributed by atoms with Crippen LogP contribution in [0.4, 0.5) is 0 Å². The van der Waals surface area contributed by atoms with Gasteiger partial charge in [-0.25, -0.2) is 0 Å². The van der Waals surface area contributed by atoms with Crippen LogP contribution in [0.15, 0.2) is 4.99 Å². The Labute approximate surface area is 174 Å². The molecule has 1 saturated heterocycles. The van der Waals surface area contributed by atoms with E-state index in [1.165, 1.54) is 19.3 Å². The number of guanidine groups is 1. The lowest BCUT2D eigenvalue weighted by Crippen LogP contribution is -2.38. The third-order valence-electron chi connectivity index (χ3n) is 5.44. The quantitative estimate of drug-likeness (QED) is 0.332. The number of ether oxygens (including phenoxy) is 2. The van der Waals surface area contributed by atoms with Crippen LogP contribution in [0.25, 0.3) is 0 Å². The van der Waals surface area contributed by atoms with Gasteiger partial charge in [-0.05, 0) is 45.4 Å². The summed E-state index contributed by atoms with van der Waals surface area (Å²) in [6.45, 7) is 8.02. The molecule has 8 nitrogen and oxygen atoms in total. The van der Waals surface area contributed by atoms with Crippen LogP contribution in [-0.2, 0) is 28.9 Å². The van der Waals surface area contributed by atoms with Crippen molar-refractivity contribution in [3.05, 3.63) is 11.6 Å². The van der Waals surface area contributed by atoms with Crippen LogP contribution in [0, 0.1) is 0 Å². The van der Waals surface area contributed by atoms with Crippen LogP contribution in [0.3, 0.4) is 0 Å². The van der Waals surface area contributed by atoms with E-state index in [9.17, 15) is 0 Å². The summed E-state index contributed by atoms with van der Waals surface area (Å²) >= 11 is 0. The Kier molecular flexibility index (Phi) is 9.72. The SMILES string of the molecule is CCNC(=NCCCc1nnc2n1CCCCC2)NCCCOCC1CCCO1. The first-order valence-corrected chi connectivity index (χ1v) is 11.5. The second kappa shape index (κ2) is 12.8. The van der Waals surface area contributed by atoms with E-state index < -0.39 is 0 Å². The van der Waals surface area contributed by atoms with Gasteiger partial charge < -0.3 is 24.7 Å². The molecule has 0 aliphatic carbocycles. The molecule has 1 unspecified atom stereocenters. The molecule has 164 valence electrons. The van der Waals surface area contributed by atoms with Gasteiger partial charge in [0.1, 0.15) is 11.6 Å². The first-order valence-electron chi connectivity index (χ1n) is 11.5. The first kappa shape index (κ1) is 22.0. The topological polar surface area (TPSA) is 85.6 Å². The maximum atomic E-state index is 5.71. The molecule has 0 saturated carbocycles. The van der Waals surface area contributed by atoms with Crippen molar-refractivity contribution in [3.8, 4) is 0 Å². The number of aliphatic imine (C=N–C) groups is 1. The van der Waals surface area contributed by atoms with Crippen molar-refractivity contribution in [1.29, 1.82) is 0 Å². The Bertz CT molecular complexity index is 612. The Morgan fingerprint density at radius 1 is 1.21 bits per heavy atom. The van der Waals surface area contributed by atoms with E-state index in [1.54, 1.807) is 0 Å². The molecule has 1 atom stereocenters. The van der Waals surface area contributed by atoms with Crippen molar-refractivity contribution in [2.24, 2.45) is 4.99 Å². The van der Waals surface area contributed by atoms with Gasteiger partial charge in [0, 0.05) is 52.2 Å². The largest absolute Gasteiger partial charge is 0.379 e. The van der Waals surface area contributed by atoms with E-state index >= 15 is 0 Å². The smallest absolute Gasteiger partial charge is 0.191 e. The Morgan fingerprint density at radius 2 is 2.17 bits per heavy atom. The molecule has 1 fully saturated rings. The van der Waals surface area contributed by atoms with E-state index in [0.717, 1.165) is 102 Å². The van der Waals surface area contributed by atoms with E-state index in [2.05, 4.69) is 32.3 Å². The highest BCUT2D eigenvalue weighted by molar-refractivity contribution is 5.79. The molecule has 1 aromatic heterocycles. The van der Waals surface area contributed by atoms with Gasteiger partial charge >= 0.3 is 0 Å². The second-order valence-corrected chi connectivity index (χ2v) is 7.85. The van der Waals surface area contributed by atoms with Crippen LogP contribution >= 0.6 is 0 Å². The summed E-state index contributed by atoms with van der Waals surface area (Å²) < 4.78 is 13.6. The highest BCUT2D eigenvalue weighted by Crippen LogP contribution is 2.15. The summed E-state index contributed by atoms with van der Waals surface area (Å²) in [6.07, 6.45) is 10.3. The normalized spacial score (nSPS) is 19.8. The van der Waals surface area contributed by atoms with Crippen LogP contribution in [0.5, 0.6) is 0 Å². The first-order chi connectivity index (χ1) is 14.4. The molecule has 0 bridgehead atoms. The molecule has 1 aromatic rings. The van der Waals surface area contributed by atoms with E-state index in [1.807, 2.05) is 0 Å². The zero-order chi connectivity index (χ0) is 20.2. The minimum absolute atomic E-state index is 0.308. The third-order valence-corrected chi connectivity index (χ3v) is 5.44. The van der Waals surface area contributed by atoms with Crippen LogP contribution in [0.2, 0.25) is 0 Å². The van der Waals surface area contributed by atoms with Gasteiger partial charge in [-0.3, -0.25) is 4.99 Å². The molecular weight excluding hydrogens is 368 g/mol. The summed E-state index contributed by atoms with van der Waals surface area (Å²) in [5.41, 5.74) is 0. The van der Waals surface area contributed by atoms with Gasteiger partial charge in [-0.2, -0.15) is 0 Å². The average molecular weight is 407 g/mol. The number of aryl methyl sites for hydroxylation is 2. The van der Waals surface area contributed by atoms with Crippen molar-refractivity contribution in [2.45, 2.75) is 77.4 Å². The minimum atomic E-state index is 0.308. The van der Waals surface area contributed by atoms with Crippen LogP contribution in [0.1, 0.15) is 63.5 Å². The van der Waals surface area contributed by atoms with Gasteiger partial charge in [0.2, 0.25) is 0 Å². The molecule has 0 spiro atoms. The van der Waals surface area contributed by atoms with E-state index in [0.29, 0.717) is 6.10 Å². The number of hydrogen-bond donors (Lipinski definition) is 2. The minimum Gasteiger partial charge on any atom is -0.379 e. The lowest BCUT2D eigenvalue weighted by molar-refractivity contribution is 0.0168. The summed E-state index contributed by atoms with van der Waals surface area (Å²) in [5, 5.41) is 15.5. The van der Waals surface area contributed by atoms with Crippen molar-refractivity contribution >= 4 is 5.96 Å². The Balaban J connectivity index is 1.31. The highest BCUT2D eigenvalue weighted by atomic mass is 16.5. The van der Waals surface area contributed by atoms with E-state index in [4.69, 9.17) is 14.5 Å². The standard InChI is InChI=1S/C21H38N6O2/c1-2-22-21(24-13-8-15-28-17-18-9-7-16-29-18)23-12-6-11-20-26-25-19-10-4-3-5-14-27(19)20/h18H,2-17H2,1H3,(H2,22,23,24). The average Bonchev–Trinajstić information content (AvgIpc) is 3.32. The van der Waals surface area contributed by atoms with Crippen molar-refractivity contribution in [2.75, 3.05) is 39.5 Å². The second-order valence-electron chi connectivity index (χ2n) is 7.85. The maximum absolute atomic E-state index is 5.71. The van der Waals surface area contributed by atoms with Gasteiger partial charge in [0.15, 0.2) is 5.96 Å². The zero-order valence-corrected chi connectivity index (χ0v) is 18.0. The predicted molar refractivity (Wildman–Crippen MR) is 114 cm³/mol. The molecule has 2 aliphatic rings. The number of nitrogens with one attached hydrogen (secondary N) is 2. The van der Waals surface area contributed by atoms with Crippen LogP contribution in [-0.4, -0.2) is 66.3 Å². The Morgan fingerprint density at radius 3 is 3.03 bits per heavy atom. The number of hydrogen-bond acceptors (Lipinski definition) is 5. The number of nitrogens with zero attached hydrogens (tertiary/aromatic N) is 4. The molecule has 0 aromatic carbocycles. The highest BCUT2D eigenvalue weighted by Gasteiger charge is 2.15. The summed E-state index contributed by atoms with van der Waals surface area (Å²) in [6, 6.07) is 0. The fourth-order valence-electron chi connectivity index (χ4n) is 3.87. The predicted octanol–water partition coefficient (Wildman–Crippen LogP) is 2.08. The number of rotatable bonds is 11. The van der Waals surface area contributed by atoms with Crippen molar-refractivity contribution in [1.82, 2.24) is 25.4 Å². The fourth-order valence-corrected chi connectivity index (χ4v) is 3.87. The van der Waals surface area contributed by atoms with Gasteiger partial charge in [-0.1, -0.05) is 6.42 Å². The number of fused-ring (bicyclic) bond motifs is 1.